The smallest absolute Gasteiger partial charge is 0.366 e. The van der Waals surface area contributed by atoms with Gasteiger partial charge in [0.1, 0.15) is 24.7 Å². The van der Waals surface area contributed by atoms with Crippen molar-refractivity contribution in [1.29, 1.82) is 0 Å². The highest BCUT2D eigenvalue weighted by atomic mass is 32.2. The summed E-state index contributed by atoms with van der Waals surface area (Å²) < 4.78 is 32.9. The molecule has 0 aliphatic carbocycles. The van der Waals surface area contributed by atoms with Crippen LogP contribution < -0.4 is 9.47 Å². The van der Waals surface area contributed by atoms with Crippen molar-refractivity contribution in [3.05, 3.63) is 85.2 Å². The number of hydrogen-bond donors (Lipinski definition) is 0. The van der Waals surface area contributed by atoms with Crippen LogP contribution >= 0.6 is 11.8 Å². The van der Waals surface area contributed by atoms with Gasteiger partial charge in [-0.1, -0.05) is 31.4 Å². The van der Waals surface area contributed by atoms with Gasteiger partial charge in [-0.2, -0.15) is 4.39 Å². The average Bonchev–Trinajstić information content (AvgIpc) is 2.86. The highest BCUT2D eigenvalue weighted by Gasteiger charge is 2.06. The van der Waals surface area contributed by atoms with Crippen LogP contribution in [0.15, 0.2) is 84.6 Å². The molecule has 0 heterocycles. The second-order valence-corrected chi connectivity index (χ2v) is 7.84. The van der Waals surface area contributed by atoms with Gasteiger partial charge in [0.2, 0.25) is 10.9 Å². The average molecular weight is 501 g/mol. The van der Waals surface area contributed by atoms with Crippen molar-refractivity contribution in [2.45, 2.75) is 11.3 Å². The minimum Gasteiger partial charge on any atom is -0.493 e. The minimum absolute atomic E-state index is 0.0678. The summed E-state index contributed by atoms with van der Waals surface area (Å²) in [7, 11) is 0. The number of esters is 2. The van der Waals surface area contributed by atoms with E-state index in [1.165, 1.54) is 6.08 Å². The van der Waals surface area contributed by atoms with Crippen molar-refractivity contribution in [2.24, 2.45) is 0 Å². The van der Waals surface area contributed by atoms with E-state index in [9.17, 15) is 18.8 Å². The first-order valence-corrected chi connectivity index (χ1v) is 11.4. The molecule has 0 saturated carbocycles. The van der Waals surface area contributed by atoms with Gasteiger partial charge in [-0.25, -0.2) is 9.59 Å². The molecule has 0 aliphatic heterocycles. The van der Waals surface area contributed by atoms with E-state index in [0.29, 0.717) is 24.5 Å². The molecule has 7 nitrogen and oxygen atoms in total. The molecule has 0 aliphatic rings. The predicted molar refractivity (Wildman–Crippen MR) is 131 cm³/mol. The Morgan fingerprint density at radius 1 is 0.857 bits per heavy atom. The zero-order chi connectivity index (χ0) is 25.5. The Hall–Kier alpha value is -3.85. The Morgan fingerprint density at radius 3 is 2.11 bits per heavy atom. The molecule has 2 aromatic rings. The highest BCUT2D eigenvalue weighted by molar-refractivity contribution is 8.14. The lowest BCUT2D eigenvalue weighted by Crippen LogP contribution is -2.12. The predicted octanol–water partition coefficient (Wildman–Crippen LogP) is 4.92. The monoisotopic (exact) mass is 500 g/mol. The maximum atomic E-state index is 12.5. The third-order valence-corrected chi connectivity index (χ3v) is 4.95. The molecule has 0 radical (unpaired) electrons. The molecule has 0 amide bonds. The molecule has 0 bridgehead atoms. The molecule has 2 rings (SSSR count). The van der Waals surface area contributed by atoms with Crippen molar-refractivity contribution < 1.29 is 37.7 Å². The summed E-state index contributed by atoms with van der Waals surface area (Å²) in [5, 5.41) is -0.140. The number of halogens is 1. The van der Waals surface area contributed by atoms with Gasteiger partial charge in [0.25, 0.3) is 0 Å². The molecule has 0 fully saturated rings. The van der Waals surface area contributed by atoms with E-state index < -0.39 is 17.8 Å². The van der Waals surface area contributed by atoms with E-state index in [1.807, 2.05) is 0 Å². The van der Waals surface area contributed by atoms with Crippen LogP contribution in [0.25, 0.3) is 6.08 Å². The van der Waals surface area contributed by atoms with Gasteiger partial charge in [0, 0.05) is 17.4 Å². The van der Waals surface area contributed by atoms with Crippen molar-refractivity contribution in [3.63, 3.8) is 0 Å². The summed E-state index contributed by atoms with van der Waals surface area (Å²) in [4.78, 5) is 34.9. The zero-order valence-corrected chi connectivity index (χ0v) is 19.8. The summed E-state index contributed by atoms with van der Waals surface area (Å²) in [6.07, 6.45) is 4.82. The van der Waals surface area contributed by atoms with Gasteiger partial charge in [-0.3, -0.25) is 4.79 Å². The molecule has 2 aromatic carbocycles. The Bertz CT molecular complexity index is 1050. The van der Waals surface area contributed by atoms with Crippen molar-refractivity contribution in [1.82, 2.24) is 0 Å². The molecule has 0 unspecified atom stereocenters. The Kier molecular flexibility index (Phi) is 11.8. The Morgan fingerprint density at radius 2 is 1.49 bits per heavy atom. The summed E-state index contributed by atoms with van der Waals surface area (Å²) in [5.41, 5.74) is 0.800. The van der Waals surface area contributed by atoms with E-state index in [0.717, 1.165) is 28.3 Å². The number of rotatable bonds is 14. The van der Waals surface area contributed by atoms with Gasteiger partial charge < -0.3 is 18.9 Å². The van der Waals surface area contributed by atoms with E-state index >= 15 is 0 Å². The van der Waals surface area contributed by atoms with Crippen LogP contribution in [0.4, 0.5) is 4.39 Å². The SMILES string of the molecule is C=CC(=O)OCCCOc1ccc(SC(=O)/C=C/c2ccc(OCCOC(=O)C(=C)F)cc2)cc1. The molecule has 9 heteroatoms. The molecular weight excluding hydrogens is 475 g/mol. The summed E-state index contributed by atoms with van der Waals surface area (Å²) in [6.45, 7) is 6.78. The first-order valence-electron chi connectivity index (χ1n) is 10.5. The quantitative estimate of drug-likeness (QED) is 0.156. The molecule has 35 heavy (non-hydrogen) atoms. The van der Waals surface area contributed by atoms with Crippen molar-refractivity contribution >= 4 is 34.9 Å². The van der Waals surface area contributed by atoms with Gasteiger partial charge >= 0.3 is 11.9 Å². The van der Waals surface area contributed by atoms with Crippen LogP contribution in [-0.4, -0.2) is 43.5 Å². The van der Waals surface area contributed by atoms with Gasteiger partial charge in [0.15, 0.2) is 0 Å². The molecule has 0 atom stereocenters. The molecule has 0 N–H and O–H groups in total. The highest BCUT2D eigenvalue weighted by Crippen LogP contribution is 2.23. The van der Waals surface area contributed by atoms with E-state index in [-0.39, 0.29) is 24.9 Å². The lowest BCUT2D eigenvalue weighted by atomic mass is 10.2. The fraction of sp³-hybridized carbons (Fsp3) is 0.192. The number of carbonyl (C=O) groups is 3. The normalized spacial score (nSPS) is 10.4. The van der Waals surface area contributed by atoms with Crippen molar-refractivity contribution in [3.8, 4) is 11.5 Å². The second-order valence-electron chi connectivity index (χ2n) is 6.76. The first-order chi connectivity index (χ1) is 16.9. The largest absolute Gasteiger partial charge is 0.493 e. The van der Waals surface area contributed by atoms with Crippen LogP contribution in [0.3, 0.4) is 0 Å². The zero-order valence-electron chi connectivity index (χ0n) is 18.9. The molecule has 0 aromatic heterocycles. The fourth-order valence-electron chi connectivity index (χ4n) is 2.45. The summed E-state index contributed by atoms with van der Waals surface area (Å²) in [6, 6.07) is 14.1. The van der Waals surface area contributed by atoms with Crippen LogP contribution in [0, 0.1) is 0 Å². The second kappa shape index (κ2) is 15.1. The van der Waals surface area contributed by atoms with Crippen molar-refractivity contribution in [2.75, 3.05) is 26.4 Å². The summed E-state index contributed by atoms with van der Waals surface area (Å²) in [5.74, 6) is -1.53. The van der Waals surface area contributed by atoms with Gasteiger partial charge in [0.05, 0.1) is 13.2 Å². The molecule has 0 saturated heterocycles. The third-order valence-electron chi connectivity index (χ3n) is 4.11. The Labute approximate surface area is 207 Å². The lowest BCUT2D eigenvalue weighted by molar-refractivity contribution is -0.141. The van der Waals surface area contributed by atoms with Crippen LogP contribution in [0.2, 0.25) is 0 Å². The van der Waals surface area contributed by atoms with E-state index in [2.05, 4.69) is 17.9 Å². The Balaban J connectivity index is 1.70. The molecular formula is C26H25FO7S. The first kappa shape index (κ1) is 27.4. The number of thioether (sulfide) groups is 1. The maximum Gasteiger partial charge on any atom is 0.366 e. The standard InChI is InChI=1S/C26H25FO7S/c1-3-24(28)33-16-4-15-31-22-10-12-23(13-11-22)35-25(29)14-7-20-5-8-21(9-6-20)32-17-18-34-26(30)19(2)27/h3,5-14H,1-2,4,15-18H2/b14-7+. The number of hydrogen-bond acceptors (Lipinski definition) is 8. The van der Waals surface area contributed by atoms with Crippen LogP contribution in [0.1, 0.15) is 12.0 Å². The number of ether oxygens (including phenoxy) is 4. The topological polar surface area (TPSA) is 88.1 Å². The number of benzene rings is 2. The minimum atomic E-state index is -1.16. The van der Waals surface area contributed by atoms with Crippen LogP contribution in [0.5, 0.6) is 11.5 Å². The van der Waals surface area contributed by atoms with Crippen LogP contribution in [-0.2, 0) is 23.9 Å². The van der Waals surface area contributed by atoms with Gasteiger partial charge in [-0.05, 0) is 59.8 Å². The lowest BCUT2D eigenvalue weighted by Gasteiger charge is -2.07. The number of carbonyl (C=O) groups excluding carboxylic acids is 3. The molecule has 0 spiro atoms. The summed E-state index contributed by atoms with van der Waals surface area (Å²) >= 11 is 1.08. The van der Waals surface area contributed by atoms with E-state index in [1.54, 1.807) is 54.6 Å². The van der Waals surface area contributed by atoms with E-state index in [4.69, 9.17) is 14.2 Å². The fourth-order valence-corrected chi connectivity index (χ4v) is 3.09. The maximum absolute atomic E-state index is 12.5. The molecule has 184 valence electrons. The van der Waals surface area contributed by atoms with Gasteiger partial charge in [-0.15, -0.1) is 0 Å². The third kappa shape index (κ3) is 11.2.